The molecule has 0 bridgehead atoms. The van der Waals surface area contributed by atoms with Crippen LogP contribution in [0.25, 0.3) is 0 Å². The van der Waals surface area contributed by atoms with Crippen molar-refractivity contribution in [2.45, 2.75) is 38.9 Å². The van der Waals surface area contributed by atoms with Crippen LogP contribution in [0.15, 0.2) is 12.2 Å². The summed E-state index contributed by atoms with van der Waals surface area (Å²) in [6.07, 6.45) is 5.77. The molecule has 0 aromatic carbocycles. The maximum Gasteiger partial charge on any atom is 0.0902 e. The molecule has 0 spiro atoms. The van der Waals surface area contributed by atoms with Crippen LogP contribution in [0.2, 0.25) is 0 Å². The van der Waals surface area contributed by atoms with E-state index in [2.05, 4.69) is 26.0 Å². The number of hydrogen-bond donors (Lipinski definition) is 0. The minimum absolute atomic E-state index is 0.166. The fourth-order valence-corrected chi connectivity index (χ4v) is 0.924. The lowest BCUT2D eigenvalue weighted by atomic mass is 10.1. The fourth-order valence-electron chi connectivity index (χ4n) is 0.924. The Morgan fingerprint density at radius 2 is 2.11 bits per heavy atom. The highest BCUT2D eigenvalue weighted by molar-refractivity contribution is 4.99. The quantitative estimate of drug-likeness (QED) is 0.408. The molecule has 0 aromatic heterocycles. The van der Waals surface area contributed by atoms with Crippen molar-refractivity contribution in [2.75, 3.05) is 0 Å². The highest BCUT2D eigenvalue weighted by atomic mass is 16.6. The summed E-state index contributed by atoms with van der Waals surface area (Å²) >= 11 is 0. The van der Waals surface area contributed by atoms with Gasteiger partial charge in [-0.05, 0) is 27.2 Å². The third kappa shape index (κ3) is 1.55. The maximum atomic E-state index is 5.36. The van der Waals surface area contributed by atoms with E-state index >= 15 is 0 Å². The normalized spacial score (nSPS) is 31.2. The number of allylic oxidation sites excluding steroid dienone is 1. The second kappa shape index (κ2) is 2.14. The molecule has 0 aliphatic carbocycles. The molecule has 1 aliphatic heterocycles. The van der Waals surface area contributed by atoms with Crippen molar-refractivity contribution in [3.8, 4) is 0 Å². The van der Waals surface area contributed by atoms with E-state index in [9.17, 15) is 0 Å². The van der Waals surface area contributed by atoms with E-state index in [0.29, 0.717) is 6.10 Å². The lowest BCUT2D eigenvalue weighted by Crippen LogP contribution is -2.00. The highest BCUT2D eigenvalue weighted by Gasteiger charge is 2.46. The summed E-state index contributed by atoms with van der Waals surface area (Å²) in [5.41, 5.74) is 0.166. The zero-order valence-corrected chi connectivity index (χ0v) is 6.35. The third-order valence-corrected chi connectivity index (χ3v) is 1.75. The first-order valence-corrected chi connectivity index (χ1v) is 3.46. The van der Waals surface area contributed by atoms with Gasteiger partial charge in [0, 0.05) is 0 Å². The van der Waals surface area contributed by atoms with Crippen molar-refractivity contribution in [1.82, 2.24) is 0 Å². The Labute approximate surface area is 56.7 Å². The van der Waals surface area contributed by atoms with Crippen LogP contribution in [0.3, 0.4) is 0 Å². The topological polar surface area (TPSA) is 12.5 Å². The second-order valence-corrected chi connectivity index (χ2v) is 3.01. The zero-order chi connectivity index (χ0) is 6.91. The Hall–Kier alpha value is -0.300. The SMILES string of the molecule is CC=CCC1OC1(C)C. The van der Waals surface area contributed by atoms with Gasteiger partial charge < -0.3 is 4.74 Å². The first-order valence-electron chi connectivity index (χ1n) is 3.46. The molecule has 1 saturated heterocycles. The summed E-state index contributed by atoms with van der Waals surface area (Å²) in [6.45, 7) is 6.29. The van der Waals surface area contributed by atoms with E-state index in [-0.39, 0.29) is 5.60 Å². The smallest absolute Gasteiger partial charge is 0.0902 e. The highest BCUT2D eigenvalue weighted by Crippen LogP contribution is 2.37. The van der Waals surface area contributed by atoms with Gasteiger partial charge in [0.2, 0.25) is 0 Å². The van der Waals surface area contributed by atoms with Crippen LogP contribution < -0.4 is 0 Å². The summed E-state index contributed by atoms with van der Waals surface area (Å²) in [5, 5.41) is 0. The lowest BCUT2D eigenvalue weighted by molar-refractivity contribution is 0.324. The Balaban J connectivity index is 2.20. The van der Waals surface area contributed by atoms with Gasteiger partial charge in [-0.25, -0.2) is 0 Å². The van der Waals surface area contributed by atoms with Crippen LogP contribution in [-0.2, 0) is 4.74 Å². The van der Waals surface area contributed by atoms with Crippen LogP contribution in [0, 0.1) is 0 Å². The standard InChI is InChI=1S/C8H14O/c1-4-5-6-7-8(2,3)9-7/h4-5,7H,6H2,1-3H3. The van der Waals surface area contributed by atoms with Crippen molar-refractivity contribution in [1.29, 1.82) is 0 Å². The average molecular weight is 126 g/mol. The van der Waals surface area contributed by atoms with Crippen molar-refractivity contribution >= 4 is 0 Å². The summed E-state index contributed by atoms with van der Waals surface area (Å²) < 4.78 is 5.36. The van der Waals surface area contributed by atoms with E-state index in [1.165, 1.54) is 0 Å². The second-order valence-electron chi connectivity index (χ2n) is 3.01. The lowest BCUT2D eigenvalue weighted by Gasteiger charge is -1.89. The van der Waals surface area contributed by atoms with E-state index in [1.54, 1.807) is 0 Å². The van der Waals surface area contributed by atoms with Crippen LogP contribution in [0.4, 0.5) is 0 Å². The predicted octanol–water partition coefficient (Wildman–Crippen LogP) is 2.13. The van der Waals surface area contributed by atoms with E-state index in [1.807, 2.05) is 6.92 Å². The molecule has 1 nitrogen and oxygen atoms in total. The molecular weight excluding hydrogens is 112 g/mol. The Bertz CT molecular complexity index is 125. The van der Waals surface area contributed by atoms with Gasteiger partial charge in [0.15, 0.2) is 0 Å². The maximum absolute atomic E-state index is 5.36. The third-order valence-electron chi connectivity index (χ3n) is 1.75. The van der Waals surface area contributed by atoms with E-state index < -0.39 is 0 Å². The van der Waals surface area contributed by atoms with Crippen LogP contribution in [0.5, 0.6) is 0 Å². The number of hydrogen-bond acceptors (Lipinski definition) is 1. The fraction of sp³-hybridized carbons (Fsp3) is 0.750. The molecule has 1 heteroatoms. The molecule has 0 N–H and O–H groups in total. The molecule has 1 rings (SSSR count). The number of epoxide rings is 1. The molecule has 52 valence electrons. The molecular formula is C8H14O. The first kappa shape index (κ1) is 6.81. The van der Waals surface area contributed by atoms with Gasteiger partial charge in [0.1, 0.15) is 0 Å². The van der Waals surface area contributed by atoms with Gasteiger partial charge in [-0.3, -0.25) is 0 Å². The van der Waals surface area contributed by atoms with Gasteiger partial charge in [-0.2, -0.15) is 0 Å². The molecule has 1 unspecified atom stereocenters. The summed E-state index contributed by atoms with van der Waals surface area (Å²) in [7, 11) is 0. The Kier molecular flexibility index (Phi) is 1.62. The average Bonchev–Trinajstić information content (AvgIpc) is 2.35. The van der Waals surface area contributed by atoms with E-state index in [4.69, 9.17) is 4.74 Å². The molecule has 1 atom stereocenters. The number of rotatable bonds is 2. The molecule has 1 aliphatic rings. The molecule has 0 aromatic rings. The van der Waals surface area contributed by atoms with Gasteiger partial charge >= 0.3 is 0 Å². The first-order chi connectivity index (χ1) is 4.17. The minimum Gasteiger partial charge on any atom is -0.366 e. The van der Waals surface area contributed by atoms with Gasteiger partial charge in [-0.15, -0.1) is 0 Å². The van der Waals surface area contributed by atoms with E-state index in [0.717, 1.165) is 6.42 Å². The summed E-state index contributed by atoms with van der Waals surface area (Å²) in [5.74, 6) is 0. The van der Waals surface area contributed by atoms with Crippen LogP contribution in [0.1, 0.15) is 27.2 Å². The van der Waals surface area contributed by atoms with Gasteiger partial charge in [0.05, 0.1) is 11.7 Å². The van der Waals surface area contributed by atoms with Crippen LogP contribution >= 0.6 is 0 Å². The Morgan fingerprint density at radius 3 is 2.44 bits per heavy atom. The summed E-state index contributed by atoms with van der Waals surface area (Å²) in [6, 6.07) is 0. The Morgan fingerprint density at radius 1 is 1.56 bits per heavy atom. The van der Waals surface area contributed by atoms with Crippen LogP contribution in [-0.4, -0.2) is 11.7 Å². The predicted molar refractivity (Wildman–Crippen MR) is 38.4 cm³/mol. The minimum atomic E-state index is 0.166. The zero-order valence-electron chi connectivity index (χ0n) is 6.35. The number of ether oxygens (including phenoxy) is 1. The molecule has 1 heterocycles. The molecule has 0 amide bonds. The molecule has 1 fully saturated rings. The molecule has 0 saturated carbocycles. The van der Waals surface area contributed by atoms with Crippen molar-refractivity contribution in [3.05, 3.63) is 12.2 Å². The monoisotopic (exact) mass is 126 g/mol. The largest absolute Gasteiger partial charge is 0.366 e. The molecule has 0 radical (unpaired) electrons. The van der Waals surface area contributed by atoms with Gasteiger partial charge in [0.25, 0.3) is 0 Å². The molecule has 9 heavy (non-hydrogen) atoms. The summed E-state index contributed by atoms with van der Waals surface area (Å²) in [4.78, 5) is 0. The van der Waals surface area contributed by atoms with Crippen molar-refractivity contribution in [3.63, 3.8) is 0 Å². The van der Waals surface area contributed by atoms with Crippen molar-refractivity contribution in [2.24, 2.45) is 0 Å². The van der Waals surface area contributed by atoms with Crippen molar-refractivity contribution < 1.29 is 4.74 Å². The van der Waals surface area contributed by atoms with Gasteiger partial charge in [-0.1, -0.05) is 12.2 Å².